The van der Waals surface area contributed by atoms with Gasteiger partial charge in [-0.1, -0.05) is 31.2 Å². The third-order valence-electron chi connectivity index (χ3n) is 4.77. The standard InChI is InChI=1S/C21H23F3O2/c1-3-10-25-19-9-6-15(12-26-19)14-5-8-16(18(22)11-14)17-7-4-13(2)20(23)21(17)24/h4-5,7-8,11,15,19H,3,6,9-10,12H2,1-2H3. The first kappa shape index (κ1) is 18.9. The molecule has 1 aliphatic rings. The summed E-state index contributed by atoms with van der Waals surface area (Å²) in [6, 6.07) is 7.53. The Morgan fingerprint density at radius 3 is 2.46 bits per heavy atom. The fourth-order valence-electron chi connectivity index (χ4n) is 3.23. The number of halogens is 3. The molecule has 5 heteroatoms. The summed E-state index contributed by atoms with van der Waals surface area (Å²) in [6.07, 6.45) is 2.33. The number of benzene rings is 2. The van der Waals surface area contributed by atoms with Gasteiger partial charge in [0.2, 0.25) is 0 Å². The predicted octanol–water partition coefficient (Wildman–Crippen LogP) is 5.73. The van der Waals surface area contributed by atoms with Crippen LogP contribution in [-0.4, -0.2) is 19.5 Å². The van der Waals surface area contributed by atoms with Gasteiger partial charge in [0, 0.05) is 23.7 Å². The number of ether oxygens (including phenoxy) is 2. The van der Waals surface area contributed by atoms with Crippen LogP contribution in [0, 0.1) is 24.4 Å². The van der Waals surface area contributed by atoms with Crippen molar-refractivity contribution < 1.29 is 22.6 Å². The van der Waals surface area contributed by atoms with E-state index in [0.717, 1.165) is 24.8 Å². The highest BCUT2D eigenvalue weighted by molar-refractivity contribution is 5.66. The molecule has 2 unspecified atom stereocenters. The second kappa shape index (κ2) is 8.23. The average Bonchev–Trinajstić information content (AvgIpc) is 2.65. The van der Waals surface area contributed by atoms with E-state index in [9.17, 15) is 13.2 Å². The molecule has 1 saturated heterocycles. The lowest BCUT2D eigenvalue weighted by Gasteiger charge is -2.29. The lowest BCUT2D eigenvalue weighted by molar-refractivity contribution is -0.167. The van der Waals surface area contributed by atoms with Crippen molar-refractivity contribution in [1.29, 1.82) is 0 Å². The number of hydrogen-bond donors (Lipinski definition) is 0. The highest BCUT2D eigenvalue weighted by Gasteiger charge is 2.24. The van der Waals surface area contributed by atoms with Gasteiger partial charge < -0.3 is 9.47 Å². The van der Waals surface area contributed by atoms with E-state index in [0.29, 0.717) is 13.2 Å². The van der Waals surface area contributed by atoms with E-state index in [1.807, 2.05) is 6.92 Å². The Morgan fingerprint density at radius 2 is 1.81 bits per heavy atom. The zero-order chi connectivity index (χ0) is 18.7. The molecule has 0 saturated carbocycles. The maximum atomic E-state index is 14.6. The second-order valence-corrected chi connectivity index (χ2v) is 6.71. The molecule has 140 valence electrons. The van der Waals surface area contributed by atoms with Crippen molar-refractivity contribution in [3.8, 4) is 11.1 Å². The van der Waals surface area contributed by atoms with Crippen LogP contribution in [0.1, 0.15) is 43.2 Å². The van der Waals surface area contributed by atoms with Crippen molar-refractivity contribution in [2.24, 2.45) is 0 Å². The Bertz CT molecular complexity index is 768. The second-order valence-electron chi connectivity index (χ2n) is 6.71. The summed E-state index contributed by atoms with van der Waals surface area (Å²) in [4.78, 5) is 0. The van der Waals surface area contributed by atoms with Crippen molar-refractivity contribution in [3.63, 3.8) is 0 Å². The van der Waals surface area contributed by atoms with Crippen molar-refractivity contribution in [2.75, 3.05) is 13.2 Å². The SMILES string of the molecule is CCCOC1CCC(c2ccc(-c3ccc(C)c(F)c3F)c(F)c2)CO1. The first-order chi connectivity index (χ1) is 12.5. The molecule has 2 nitrogen and oxygen atoms in total. The van der Waals surface area contributed by atoms with E-state index in [2.05, 4.69) is 0 Å². The van der Waals surface area contributed by atoms with Gasteiger partial charge in [-0.25, -0.2) is 13.2 Å². The molecule has 1 fully saturated rings. The maximum absolute atomic E-state index is 14.6. The summed E-state index contributed by atoms with van der Waals surface area (Å²) in [5.74, 6) is -2.45. The lowest BCUT2D eigenvalue weighted by atomic mass is 9.91. The van der Waals surface area contributed by atoms with Gasteiger partial charge in [0.1, 0.15) is 5.82 Å². The van der Waals surface area contributed by atoms with Crippen LogP contribution in [0.5, 0.6) is 0 Å². The molecule has 2 aromatic carbocycles. The Labute approximate surface area is 151 Å². The molecule has 2 aromatic rings. The van der Waals surface area contributed by atoms with Gasteiger partial charge in [-0.05, 0) is 43.4 Å². The van der Waals surface area contributed by atoms with Gasteiger partial charge in [-0.15, -0.1) is 0 Å². The van der Waals surface area contributed by atoms with Gasteiger partial charge in [-0.2, -0.15) is 0 Å². The molecule has 0 radical (unpaired) electrons. The third-order valence-corrected chi connectivity index (χ3v) is 4.77. The minimum atomic E-state index is -1.02. The normalized spacial score (nSPS) is 20.3. The van der Waals surface area contributed by atoms with Crippen molar-refractivity contribution in [3.05, 3.63) is 58.9 Å². The molecular weight excluding hydrogens is 341 g/mol. The molecule has 0 spiro atoms. The summed E-state index contributed by atoms with van der Waals surface area (Å²) in [5.41, 5.74) is 0.992. The van der Waals surface area contributed by atoms with Gasteiger partial charge in [-0.3, -0.25) is 0 Å². The molecule has 0 amide bonds. The monoisotopic (exact) mass is 364 g/mol. The smallest absolute Gasteiger partial charge is 0.167 e. The van der Waals surface area contributed by atoms with Crippen molar-refractivity contribution in [1.82, 2.24) is 0 Å². The highest BCUT2D eigenvalue weighted by Crippen LogP contribution is 2.33. The van der Waals surface area contributed by atoms with E-state index in [1.165, 1.54) is 31.2 Å². The first-order valence-electron chi connectivity index (χ1n) is 8.98. The zero-order valence-corrected chi connectivity index (χ0v) is 15.0. The Morgan fingerprint density at radius 1 is 1.04 bits per heavy atom. The molecule has 1 aliphatic heterocycles. The van der Waals surface area contributed by atoms with Crippen LogP contribution in [-0.2, 0) is 9.47 Å². The molecule has 0 N–H and O–H groups in total. The van der Waals surface area contributed by atoms with Crippen LogP contribution in [0.3, 0.4) is 0 Å². The molecular formula is C21H23F3O2. The van der Waals surface area contributed by atoms with Crippen LogP contribution >= 0.6 is 0 Å². The number of aryl methyl sites for hydroxylation is 1. The van der Waals surface area contributed by atoms with Crippen LogP contribution in [0.25, 0.3) is 11.1 Å². The van der Waals surface area contributed by atoms with Gasteiger partial charge in [0.25, 0.3) is 0 Å². The fourth-order valence-corrected chi connectivity index (χ4v) is 3.23. The lowest BCUT2D eigenvalue weighted by Crippen LogP contribution is -2.27. The summed E-state index contributed by atoms with van der Waals surface area (Å²) >= 11 is 0. The summed E-state index contributed by atoms with van der Waals surface area (Å²) in [5, 5.41) is 0. The number of hydrogen-bond acceptors (Lipinski definition) is 2. The average molecular weight is 364 g/mol. The molecule has 0 bridgehead atoms. The quantitative estimate of drug-likeness (QED) is 0.675. The van der Waals surface area contributed by atoms with E-state index < -0.39 is 17.5 Å². The van der Waals surface area contributed by atoms with Gasteiger partial charge in [0.15, 0.2) is 17.9 Å². The van der Waals surface area contributed by atoms with Crippen molar-refractivity contribution in [2.45, 2.75) is 45.3 Å². The predicted molar refractivity (Wildman–Crippen MR) is 94.4 cm³/mol. The summed E-state index contributed by atoms with van der Waals surface area (Å²) in [6.45, 7) is 4.64. The molecule has 1 heterocycles. The van der Waals surface area contributed by atoms with E-state index in [4.69, 9.17) is 9.47 Å². The van der Waals surface area contributed by atoms with Crippen LogP contribution in [0.4, 0.5) is 13.2 Å². The third kappa shape index (κ3) is 3.94. The largest absolute Gasteiger partial charge is 0.353 e. The maximum Gasteiger partial charge on any atom is 0.167 e. The topological polar surface area (TPSA) is 18.5 Å². The summed E-state index contributed by atoms with van der Waals surface area (Å²) in [7, 11) is 0. The first-order valence-corrected chi connectivity index (χ1v) is 8.98. The van der Waals surface area contributed by atoms with Gasteiger partial charge in [0.05, 0.1) is 6.61 Å². The van der Waals surface area contributed by atoms with Crippen molar-refractivity contribution >= 4 is 0 Å². The highest BCUT2D eigenvalue weighted by atomic mass is 19.2. The minimum absolute atomic E-state index is 0.0611. The van der Waals surface area contributed by atoms with Crippen LogP contribution < -0.4 is 0 Å². The van der Waals surface area contributed by atoms with E-state index in [-0.39, 0.29) is 28.9 Å². The zero-order valence-electron chi connectivity index (χ0n) is 15.0. The Balaban J connectivity index is 1.76. The molecule has 26 heavy (non-hydrogen) atoms. The fraction of sp³-hybridized carbons (Fsp3) is 0.429. The molecule has 0 aliphatic carbocycles. The minimum Gasteiger partial charge on any atom is -0.353 e. The van der Waals surface area contributed by atoms with Crippen LogP contribution in [0.2, 0.25) is 0 Å². The molecule has 3 rings (SSSR count). The number of rotatable bonds is 5. The Hall–Kier alpha value is -1.85. The van der Waals surface area contributed by atoms with E-state index in [1.54, 1.807) is 6.07 Å². The summed E-state index contributed by atoms with van der Waals surface area (Å²) < 4.78 is 53.8. The van der Waals surface area contributed by atoms with E-state index >= 15 is 0 Å². The van der Waals surface area contributed by atoms with Crippen LogP contribution in [0.15, 0.2) is 30.3 Å². The molecule has 0 aromatic heterocycles. The molecule has 2 atom stereocenters. The Kier molecular flexibility index (Phi) is 5.99. The van der Waals surface area contributed by atoms with Gasteiger partial charge >= 0.3 is 0 Å².